The first-order chi connectivity index (χ1) is 8.54. The molecule has 1 heterocycles. The van der Waals surface area contributed by atoms with E-state index in [4.69, 9.17) is 0 Å². The summed E-state index contributed by atoms with van der Waals surface area (Å²) >= 11 is 0. The minimum absolute atomic E-state index is 0.201. The van der Waals surface area contributed by atoms with Gasteiger partial charge in [-0.05, 0) is 18.9 Å². The molecule has 3 amide bonds. The van der Waals surface area contributed by atoms with Gasteiger partial charge in [0.15, 0.2) is 0 Å². The molecule has 96 valence electrons. The van der Waals surface area contributed by atoms with Crippen LogP contribution >= 0.6 is 0 Å². The van der Waals surface area contributed by atoms with E-state index in [1.165, 1.54) is 0 Å². The summed E-state index contributed by atoms with van der Waals surface area (Å²) in [4.78, 5) is 23.4. The number of imide groups is 1. The van der Waals surface area contributed by atoms with E-state index in [0.29, 0.717) is 0 Å². The largest absolute Gasteiger partial charge is 0.393 e. The lowest BCUT2D eigenvalue weighted by Gasteiger charge is -2.37. The number of nitrogens with one attached hydrogen (secondary N) is 2. The molecule has 1 aliphatic heterocycles. The van der Waals surface area contributed by atoms with Crippen LogP contribution in [-0.4, -0.2) is 29.7 Å². The Bertz CT molecular complexity index is 459. The number of carbonyl (C=O) groups is 2. The van der Waals surface area contributed by atoms with E-state index in [1.807, 2.05) is 30.3 Å². The lowest BCUT2D eigenvalue weighted by Crippen LogP contribution is -2.61. The molecule has 18 heavy (non-hydrogen) atoms. The van der Waals surface area contributed by atoms with Crippen molar-refractivity contribution in [2.24, 2.45) is 0 Å². The standard InChI is InChI=1S/C13H16N2O3/c1-9(16)7-13(10-5-3-2-4-6-10)8-14-12(18)15-11(13)17/h2-6,9,16H,7-8H2,1H3,(H2,14,15,17,18)/t9-,13-/m0/s1. The zero-order valence-electron chi connectivity index (χ0n) is 10.1. The Morgan fingerprint density at radius 3 is 2.56 bits per heavy atom. The van der Waals surface area contributed by atoms with Crippen molar-refractivity contribution in [3.63, 3.8) is 0 Å². The molecule has 1 aromatic carbocycles. The monoisotopic (exact) mass is 248 g/mol. The maximum Gasteiger partial charge on any atom is 0.321 e. The van der Waals surface area contributed by atoms with Crippen molar-refractivity contribution in [2.45, 2.75) is 24.9 Å². The molecule has 0 saturated carbocycles. The zero-order valence-corrected chi connectivity index (χ0v) is 10.1. The van der Waals surface area contributed by atoms with Crippen molar-refractivity contribution in [3.8, 4) is 0 Å². The topological polar surface area (TPSA) is 78.4 Å². The van der Waals surface area contributed by atoms with Crippen LogP contribution in [0, 0.1) is 0 Å². The van der Waals surface area contributed by atoms with Crippen LogP contribution in [0.4, 0.5) is 4.79 Å². The first kappa shape index (κ1) is 12.6. The first-order valence-corrected chi connectivity index (χ1v) is 5.87. The minimum Gasteiger partial charge on any atom is -0.393 e. The summed E-state index contributed by atoms with van der Waals surface area (Å²) in [7, 11) is 0. The summed E-state index contributed by atoms with van der Waals surface area (Å²) in [6.45, 7) is 1.83. The van der Waals surface area contributed by atoms with Crippen LogP contribution < -0.4 is 10.6 Å². The van der Waals surface area contributed by atoms with E-state index in [0.717, 1.165) is 5.56 Å². The highest BCUT2D eigenvalue weighted by Crippen LogP contribution is 2.30. The van der Waals surface area contributed by atoms with Crippen LogP contribution in [0.3, 0.4) is 0 Å². The average Bonchev–Trinajstić information content (AvgIpc) is 2.34. The zero-order chi connectivity index (χ0) is 13.2. The summed E-state index contributed by atoms with van der Waals surface area (Å²) in [5.74, 6) is -0.363. The molecule has 5 nitrogen and oxygen atoms in total. The van der Waals surface area contributed by atoms with Gasteiger partial charge >= 0.3 is 6.03 Å². The highest BCUT2D eigenvalue weighted by Gasteiger charge is 2.44. The molecule has 0 bridgehead atoms. The molecule has 1 saturated heterocycles. The van der Waals surface area contributed by atoms with Crippen molar-refractivity contribution >= 4 is 11.9 Å². The van der Waals surface area contributed by atoms with Gasteiger partial charge in [0.2, 0.25) is 5.91 Å². The van der Waals surface area contributed by atoms with E-state index < -0.39 is 17.6 Å². The molecule has 5 heteroatoms. The van der Waals surface area contributed by atoms with Gasteiger partial charge in [0.25, 0.3) is 0 Å². The minimum atomic E-state index is -0.899. The third kappa shape index (κ3) is 2.22. The number of amides is 3. The second-order valence-electron chi connectivity index (χ2n) is 4.64. The highest BCUT2D eigenvalue weighted by molar-refractivity contribution is 6.03. The van der Waals surface area contributed by atoms with Crippen LogP contribution in [0.5, 0.6) is 0 Å². The number of benzene rings is 1. The molecule has 1 aliphatic rings. The van der Waals surface area contributed by atoms with Crippen LogP contribution in [0.25, 0.3) is 0 Å². The molecule has 0 unspecified atom stereocenters. The summed E-state index contributed by atoms with van der Waals surface area (Å²) in [6, 6.07) is 8.71. The van der Waals surface area contributed by atoms with Gasteiger partial charge in [-0.2, -0.15) is 0 Å². The van der Waals surface area contributed by atoms with Gasteiger partial charge in [-0.25, -0.2) is 4.79 Å². The van der Waals surface area contributed by atoms with Gasteiger partial charge in [0, 0.05) is 6.54 Å². The van der Waals surface area contributed by atoms with Gasteiger partial charge in [-0.1, -0.05) is 30.3 Å². The molecule has 0 radical (unpaired) electrons. The van der Waals surface area contributed by atoms with E-state index in [2.05, 4.69) is 10.6 Å². The van der Waals surface area contributed by atoms with Crippen LogP contribution in [-0.2, 0) is 10.2 Å². The van der Waals surface area contributed by atoms with Gasteiger partial charge in [0.1, 0.15) is 0 Å². The van der Waals surface area contributed by atoms with Gasteiger partial charge in [-0.3, -0.25) is 10.1 Å². The summed E-state index contributed by atoms with van der Waals surface area (Å²) in [6.07, 6.45) is -0.366. The van der Waals surface area contributed by atoms with Crippen molar-refractivity contribution in [3.05, 3.63) is 35.9 Å². The van der Waals surface area contributed by atoms with E-state index in [9.17, 15) is 14.7 Å². The third-order valence-electron chi connectivity index (χ3n) is 3.18. The molecule has 2 atom stereocenters. The third-order valence-corrected chi connectivity index (χ3v) is 3.18. The fourth-order valence-corrected chi connectivity index (χ4v) is 2.36. The predicted octanol–water partition coefficient (Wildman–Crippen LogP) is 0.535. The Morgan fingerprint density at radius 2 is 2.00 bits per heavy atom. The second-order valence-corrected chi connectivity index (χ2v) is 4.64. The molecule has 1 fully saturated rings. The average molecular weight is 248 g/mol. The second kappa shape index (κ2) is 4.78. The Labute approximate surface area is 105 Å². The van der Waals surface area contributed by atoms with Crippen molar-refractivity contribution in [2.75, 3.05) is 6.54 Å². The van der Waals surface area contributed by atoms with E-state index in [-0.39, 0.29) is 18.9 Å². The van der Waals surface area contributed by atoms with Crippen LogP contribution in [0.1, 0.15) is 18.9 Å². The number of hydrogen-bond acceptors (Lipinski definition) is 3. The lowest BCUT2D eigenvalue weighted by molar-refractivity contribution is -0.127. The van der Waals surface area contributed by atoms with Crippen molar-refractivity contribution in [1.29, 1.82) is 0 Å². The lowest BCUT2D eigenvalue weighted by atomic mass is 9.74. The van der Waals surface area contributed by atoms with Crippen molar-refractivity contribution < 1.29 is 14.7 Å². The fourth-order valence-electron chi connectivity index (χ4n) is 2.36. The Kier molecular flexibility index (Phi) is 3.34. The molecule has 0 spiro atoms. The first-order valence-electron chi connectivity index (χ1n) is 5.87. The molecular formula is C13H16N2O3. The maximum absolute atomic E-state index is 12.2. The van der Waals surface area contributed by atoms with Gasteiger partial charge < -0.3 is 10.4 Å². The summed E-state index contributed by atoms with van der Waals surface area (Å²) in [5.41, 5.74) is -0.105. The highest BCUT2D eigenvalue weighted by atomic mass is 16.3. The smallest absolute Gasteiger partial charge is 0.321 e. The quantitative estimate of drug-likeness (QED) is 0.730. The SMILES string of the molecule is C[C@H](O)C[C@@]1(c2ccccc2)CNC(=O)NC1=O. The fraction of sp³-hybridized carbons (Fsp3) is 0.385. The van der Waals surface area contributed by atoms with Gasteiger partial charge in [-0.15, -0.1) is 0 Å². The number of rotatable bonds is 3. The number of urea groups is 1. The molecular weight excluding hydrogens is 232 g/mol. The molecule has 2 rings (SSSR count). The normalized spacial score (nSPS) is 25.2. The number of hydrogen-bond donors (Lipinski definition) is 3. The number of aliphatic hydroxyl groups excluding tert-OH is 1. The maximum atomic E-state index is 12.2. The van der Waals surface area contributed by atoms with E-state index in [1.54, 1.807) is 6.92 Å². The Morgan fingerprint density at radius 1 is 1.33 bits per heavy atom. The summed E-state index contributed by atoms with van der Waals surface area (Å²) < 4.78 is 0. The Hall–Kier alpha value is -1.88. The number of aliphatic hydroxyl groups is 1. The van der Waals surface area contributed by atoms with Gasteiger partial charge in [0.05, 0.1) is 11.5 Å². The molecule has 1 aromatic rings. The molecule has 0 aromatic heterocycles. The van der Waals surface area contributed by atoms with Crippen LogP contribution in [0.15, 0.2) is 30.3 Å². The van der Waals surface area contributed by atoms with E-state index >= 15 is 0 Å². The number of carbonyl (C=O) groups excluding carboxylic acids is 2. The Balaban J connectivity index is 2.41. The molecule has 3 N–H and O–H groups in total. The molecule has 0 aliphatic carbocycles. The van der Waals surface area contributed by atoms with Crippen LogP contribution in [0.2, 0.25) is 0 Å². The van der Waals surface area contributed by atoms with Crippen molar-refractivity contribution in [1.82, 2.24) is 10.6 Å². The summed E-state index contributed by atoms with van der Waals surface area (Å²) in [5, 5.41) is 14.5. The predicted molar refractivity (Wildman–Crippen MR) is 66.0 cm³/mol.